The van der Waals surface area contributed by atoms with Gasteiger partial charge in [-0.3, -0.25) is 14.9 Å². The third kappa shape index (κ3) is 3.84. The van der Waals surface area contributed by atoms with Crippen molar-refractivity contribution in [3.05, 3.63) is 50.0 Å². The predicted octanol–water partition coefficient (Wildman–Crippen LogP) is 3.25. The van der Waals surface area contributed by atoms with Gasteiger partial charge in [-0.1, -0.05) is 6.92 Å². The molecular formula is C15H17N3O4S. The van der Waals surface area contributed by atoms with Crippen LogP contribution in [0.3, 0.4) is 0 Å². The van der Waals surface area contributed by atoms with Crippen molar-refractivity contribution in [3.63, 3.8) is 0 Å². The molecule has 1 aromatic heterocycles. The number of hydrogen-bond donors (Lipinski definition) is 1. The number of carbonyl (C=O) groups excluding carboxylic acids is 1. The molecule has 0 radical (unpaired) electrons. The van der Waals surface area contributed by atoms with Crippen molar-refractivity contribution in [2.24, 2.45) is 0 Å². The molecule has 1 amide bonds. The minimum absolute atomic E-state index is 0.120. The second-order valence-corrected chi connectivity index (χ2v) is 5.79. The number of thiazole rings is 1. The maximum Gasteiger partial charge on any atom is 0.311 e. The van der Waals surface area contributed by atoms with Crippen molar-refractivity contribution >= 4 is 22.9 Å². The van der Waals surface area contributed by atoms with Crippen molar-refractivity contribution < 1.29 is 14.5 Å². The summed E-state index contributed by atoms with van der Waals surface area (Å²) in [5.74, 6) is -0.260. The van der Waals surface area contributed by atoms with E-state index in [-0.39, 0.29) is 28.9 Å². The van der Waals surface area contributed by atoms with Crippen LogP contribution < -0.4 is 10.1 Å². The monoisotopic (exact) mass is 335 g/mol. The summed E-state index contributed by atoms with van der Waals surface area (Å²) in [4.78, 5) is 27.2. The normalized spacial score (nSPS) is 11.8. The van der Waals surface area contributed by atoms with E-state index in [1.807, 2.05) is 19.2 Å². The molecule has 0 aliphatic rings. The lowest BCUT2D eigenvalue weighted by Gasteiger charge is -2.14. The molecule has 1 aromatic carbocycles. The summed E-state index contributed by atoms with van der Waals surface area (Å²) in [7, 11) is 1.35. The smallest absolute Gasteiger partial charge is 0.311 e. The molecule has 0 spiro atoms. The largest absolute Gasteiger partial charge is 0.490 e. The summed E-state index contributed by atoms with van der Waals surface area (Å²) in [6.07, 6.45) is 0.678. The molecule has 122 valence electrons. The summed E-state index contributed by atoms with van der Waals surface area (Å²) < 4.78 is 4.93. The Balaban J connectivity index is 2.22. The first-order valence-corrected chi connectivity index (χ1v) is 7.89. The summed E-state index contributed by atoms with van der Waals surface area (Å²) >= 11 is 1.48. The second kappa shape index (κ2) is 7.19. The number of aryl methyl sites for hydroxylation is 1. The topological polar surface area (TPSA) is 94.4 Å². The number of nitrogens with one attached hydrogen (secondary N) is 1. The number of ether oxygens (including phenoxy) is 1. The lowest BCUT2D eigenvalue weighted by Crippen LogP contribution is -2.28. The van der Waals surface area contributed by atoms with E-state index in [2.05, 4.69) is 10.3 Å². The van der Waals surface area contributed by atoms with E-state index in [0.29, 0.717) is 6.42 Å². The minimum atomic E-state index is -0.572. The van der Waals surface area contributed by atoms with Crippen molar-refractivity contribution in [2.45, 2.75) is 26.3 Å². The highest BCUT2D eigenvalue weighted by molar-refractivity contribution is 7.09. The molecule has 0 unspecified atom stereocenters. The van der Waals surface area contributed by atoms with Gasteiger partial charge in [-0.05, 0) is 25.5 Å². The molecular weight excluding hydrogens is 318 g/mol. The van der Waals surface area contributed by atoms with Gasteiger partial charge in [0.25, 0.3) is 5.91 Å². The molecule has 0 aliphatic carbocycles. The fraction of sp³-hybridized carbons (Fsp3) is 0.333. The van der Waals surface area contributed by atoms with Crippen LogP contribution in [-0.2, 0) is 0 Å². The number of rotatable bonds is 6. The lowest BCUT2D eigenvalue weighted by atomic mass is 10.1. The van der Waals surface area contributed by atoms with Crippen LogP contribution in [0.5, 0.6) is 5.75 Å². The van der Waals surface area contributed by atoms with Gasteiger partial charge in [0.1, 0.15) is 5.01 Å². The molecule has 0 fully saturated rings. The van der Waals surface area contributed by atoms with E-state index in [0.717, 1.165) is 10.7 Å². The van der Waals surface area contributed by atoms with Gasteiger partial charge in [-0.2, -0.15) is 0 Å². The van der Waals surface area contributed by atoms with Crippen LogP contribution in [0.15, 0.2) is 23.6 Å². The number of methoxy groups -OCH3 is 1. The number of carbonyl (C=O) groups is 1. The Hall–Kier alpha value is -2.48. The second-order valence-electron chi connectivity index (χ2n) is 4.91. The van der Waals surface area contributed by atoms with Crippen LogP contribution in [0, 0.1) is 17.0 Å². The van der Waals surface area contributed by atoms with E-state index in [4.69, 9.17) is 4.74 Å². The third-order valence-electron chi connectivity index (χ3n) is 3.29. The van der Waals surface area contributed by atoms with Crippen molar-refractivity contribution in [3.8, 4) is 5.75 Å². The molecule has 0 saturated heterocycles. The summed E-state index contributed by atoms with van der Waals surface area (Å²) in [6.45, 7) is 3.83. The first-order valence-electron chi connectivity index (χ1n) is 7.01. The number of nitro benzene ring substituents is 1. The SMILES string of the molecule is CC[C@@H](NC(=O)c1ccc(OC)c([N+](=O)[O-])c1)c1nc(C)cs1. The van der Waals surface area contributed by atoms with Gasteiger partial charge in [0.05, 0.1) is 18.1 Å². The molecule has 2 aromatic rings. The molecule has 0 aliphatic heterocycles. The molecule has 1 atom stereocenters. The zero-order valence-electron chi connectivity index (χ0n) is 13.0. The Morgan fingerprint density at radius 3 is 2.78 bits per heavy atom. The number of nitrogens with zero attached hydrogens (tertiary/aromatic N) is 2. The van der Waals surface area contributed by atoms with E-state index in [1.165, 1.54) is 36.6 Å². The third-order valence-corrected chi connectivity index (χ3v) is 4.36. The number of amides is 1. The van der Waals surface area contributed by atoms with Gasteiger partial charge in [-0.25, -0.2) is 4.98 Å². The van der Waals surface area contributed by atoms with Gasteiger partial charge >= 0.3 is 5.69 Å². The Kier molecular flexibility index (Phi) is 5.28. The zero-order valence-corrected chi connectivity index (χ0v) is 13.8. The Bertz CT molecular complexity index is 729. The highest BCUT2D eigenvalue weighted by atomic mass is 32.1. The van der Waals surface area contributed by atoms with Crippen LogP contribution in [0.2, 0.25) is 0 Å². The Labute approximate surface area is 137 Å². The number of nitro groups is 1. The highest BCUT2D eigenvalue weighted by Crippen LogP contribution is 2.28. The van der Waals surface area contributed by atoms with Gasteiger partial charge in [-0.15, -0.1) is 11.3 Å². The fourth-order valence-corrected chi connectivity index (χ4v) is 3.02. The average molecular weight is 335 g/mol. The quantitative estimate of drug-likeness (QED) is 0.646. The molecule has 2 rings (SSSR count). The van der Waals surface area contributed by atoms with Crippen molar-refractivity contribution in [2.75, 3.05) is 7.11 Å². The summed E-state index contributed by atoms with van der Waals surface area (Å²) in [5.41, 5.74) is 0.875. The first kappa shape index (κ1) is 16.9. The summed E-state index contributed by atoms with van der Waals surface area (Å²) in [5, 5.41) is 16.6. The molecule has 7 nitrogen and oxygen atoms in total. The minimum Gasteiger partial charge on any atom is -0.490 e. The Morgan fingerprint density at radius 1 is 1.52 bits per heavy atom. The van der Waals surface area contributed by atoms with Crippen molar-refractivity contribution in [1.29, 1.82) is 0 Å². The first-order chi connectivity index (χ1) is 11.0. The number of aromatic nitrogens is 1. The zero-order chi connectivity index (χ0) is 17.0. The lowest BCUT2D eigenvalue weighted by molar-refractivity contribution is -0.385. The van der Waals surface area contributed by atoms with Gasteiger partial charge in [0.15, 0.2) is 5.75 Å². The molecule has 8 heteroatoms. The number of benzene rings is 1. The van der Waals surface area contributed by atoms with Crippen molar-refractivity contribution in [1.82, 2.24) is 10.3 Å². The van der Waals surface area contributed by atoms with Gasteiger partial charge < -0.3 is 10.1 Å². The van der Waals surface area contributed by atoms with Crippen LogP contribution >= 0.6 is 11.3 Å². The van der Waals surface area contributed by atoms with E-state index in [1.54, 1.807) is 0 Å². The molecule has 1 heterocycles. The van der Waals surface area contributed by atoms with E-state index in [9.17, 15) is 14.9 Å². The van der Waals surface area contributed by atoms with E-state index >= 15 is 0 Å². The van der Waals surface area contributed by atoms with Crippen LogP contribution in [-0.4, -0.2) is 22.9 Å². The molecule has 0 saturated carbocycles. The molecule has 23 heavy (non-hydrogen) atoms. The highest BCUT2D eigenvalue weighted by Gasteiger charge is 2.21. The Morgan fingerprint density at radius 2 is 2.26 bits per heavy atom. The maximum absolute atomic E-state index is 12.4. The predicted molar refractivity (Wildman–Crippen MR) is 87.0 cm³/mol. The molecule has 0 bridgehead atoms. The van der Waals surface area contributed by atoms with Gasteiger partial charge in [0, 0.05) is 22.7 Å². The van der Waals surface area contributed by atoms with Gasteiger partial charge in [0.2, 0.25) is 0 Å². The van der Waals surface area contributed by atoms with Crippen LogP contribution in [0.1, 0.15) is 40.4 Å². The summed E-state index contributed by atoms with van der Waals surface area (Å²) in [6, 6.07) is 3.92. The standard InChI is InChI=1S/C15H17N3O4S/c1-4-11(15-16-9(2)8-23-15)17-14(19)10-5-6-13(22-3)12(7-10)18(20)21/h5-8,11H,4H2,1-3H3,(H,17,19)/t11-/m1/s1. The maximum atomic E-state index is 12.4. The van der Waals surface area contributed by atoms with E-state index < -0.39 is 4.92 Å². The fourth-order valence-electron chi connectivity index (χ4n) is 2.09. The number of hydrogen-bond acceptors (Lipinski definition) is 6. The van der Waals surface area contributed by atoms with Crippen LogP contribution in [0.25, 0.3) is 0 Å². The average Bonchev–Trinajstić information content (AvgIpc) is 2.97. The van der Waals surface area contributed by atoms with Crippen LogP contribution in [0.4, 0.5) is 5.69 Å². The molecule has 1 N–H and O–H groups in total.